The number of rotatable bonds is 5. The smallest absolute Gasteiger partial charge is 0.419 e. The van der Waals surface area contributed by atoms with Crippen molar-refractivity contribution in [3.63, 3.8) is 0 Å². The zero-order valence-corrected chi connectivity index (χ0v) is 12.4. The Morgan fingerprint density at radius 3 is 2.91 bits per heavy atom. The van der Waals surface area contributed by atoms with Crippen LogP contribution in [-0.4, -0.2) is 42.2 Å². The number of nitrogens with zero attached hydrogens (tertiary/aromatic N) is 2. The van der Waals surface area contributed by atoms with E-state index in [0.29, 0.717) is 32.3 Å². The van der Waals surface area contributed by atoms with Crippen LogP contribution in [0.25, 0.3) is 0 Å². The van der Waals surface area contributed by atoms with Gasteiger partial charge in [-0.25, -0.2) is 9.78 Å². The maximum Gasteiger partial charge on any atom is 0.419 e. The Labute approximate surface area is 130 Å². The van der Waals surface area contributed by atoms with E-state index in [-0.39, 0.29) is 23.5 Å². The SMILES string of the molecule is O=C1OCCCN1CCCNc1cc(Cl)ncc1C(F)(F)F. The lowest BCUT2D eigenvalue weighted by molar-refractivity contribution is -0.137. The summed E-state index contributed by atoms with van der Waals surface area (Å²) in [5, 5.41) is 2.67. The standard InChI is InChI=1S/C13H15ClF3N3O2/c14-11-7-10(9(8-19-11)13(15,16)17)18-3-1-4-20-5-2-6-22-12(20)21/h7-8H,1-6H2,(H,18,19). The summed E-state index contributed by atoms with van der Waals surface area (Å²) in [5.74, 6) is 0. The molecule has 0 saturated carbocycles. The minimum absolute atomic E-state index is 0.0184. The summed E-state index contributed by atoms with van der Waals surface area (Å²) in [6.07, 6.45) is -2.93. The second-order valence-corrected chi connectivity index (χ2v) is 5.17. The molecule has 1 aliphatic rings. The lowest BCUT2D eigenvalue weighted by Crippen LogP contribution is -2.38. The molecule has 122 valence electrons. The number of pyridine rings is 1. The van der Waals surface area contributed by atoms with Gasteiger partial charge < -0.3 is 15.0 Å². The number of cyclic esters (lactones) is 1. The molecule has 0 spiro atoms. The molecule has 0 radical (unpaired) electrons. The Hall–Kier alpha value is -1.70. The van der Waals surface area contributed by atoms with Crippen LogP contribution in [0.4, 0.5) is 23.7 Å². The number of aromatic nitrogens is 1. The molecule has 1 aromatic heterocycles. The minimum atomic E-state index is -4.50. The fourth-order valence-corrected chi connectivity index (χ4v) is 2.25. The highest BCUT2D eigenvalue weighted by molar-refractivity contribution is 6.29. The highest BCUT2D eigenvalue weighted by Crippen LogP contribution is 2.35. The van der Waals surface area contributed by atoms with Crippen LogP contribution >= 0.6 is 11.6 Å². The number of carbonyl (C=O) groups is 1. The normalized spacial score (nSPS) is 15.6. The summed E-state index contributed by atoms with van der Waals surface area (Å²) in [6.45, 7) is 1.71. The van der Waals surface area contributed by atoms with Gasteiger partial charge in [-0.1, -0.05) is 11.6 Å². The van der Waals surface area contributed by atoms with Gasteiger partial charge in [0.2, 0.25) is 0 Å². The third-order valence-corrected chi connectivity index (χ3v) is 3.36. The molecule has 2 heterocycles. The Morgan fingerprint density at radius 1 is 1.45 bits per heavy atom. The summed E-state index contributed by atoms with van der Waals surface area (Å²) in [4.78, 5) is 16.4. The molecule has 22 heavy (non-hydrogen) atoms. The Balaban J connectivity index is 1.89. The lowest BCUT2D eigenvalue weighted by Gasteiger charge is -2.26. The Kier molecular flexibility index (Phi) is 5.33. The largest absolute Gasteiger partial charge is 0.449 e. The molecule has 1 fully saturated rings. The van der Waals surface area contributed by atoms with Crippen molar-refractivity contribution < 1.29 is 22.7 Å². The summed E-state index contributed by atoms with van der Waals surface area (Å²) in [5.41, 5.74) is -0.983. The van der Waals surface area contributed by atoms with Crippen LogP contribution in [0.1, 0.15) is 18.4 Å². The van der Waals surface area contributed by atoms with Crippen LogP contribution in [0.5, 0.6) is 0 Å². The van der Waals surface area contributed by atoms with Crippen LogP contribution in [0, 0.1) is 0 Å². The minimum Gasteiger partial charge on any atom is -0.449 e. The molecule has 9 heteroatoms. The molecule has 0 bridgehead atoms. The molecular weight excluding hydrogens is 323 g/mol. The monoisotopic (exact) mass is 337 g/mol. The van der Waals surface area contributed by atoms with Crippen molar-refractivity contribution in [2.45, 2.75) is 19.0 Å². The van der Waals surface area contributed by atoms with Gasteiger partial charge in [-0.05, 0) is 18.9 Å². The van der Waals surface area contributed by atoms with Gasteiger partial charge in [0, 0.05) is 25.8 Å². The van der Waals surface area contributed by atoms with Crippen LogP contribution in [-0.2, 0) is 10.9 Å². The first-order valence-corrected chi connectivity index (χ1v) is 7.14. The molecule has 2 rings (SSSR count). The van der Waals surface area contributed by atoms with E-state index in [2.05, 4.69) is 10.3 Å². The van der Waals surface area contributed by atoms with E-state index in [1.807, 2.05) is 0 Å². The van der Waals surface area contributed by atoms with Gasteiger partial charge in [0.15, 0.2) is 0 Å². The van der Waals surface area contributed by atoms with E-state index >= 15 is 0 Å². The van der Waals surface area contributed by atoms with E-state index < -0.39 is 11.7 Å². The number of amides is 1. The molecule has 1 saturated heterocycles. The van der Waals surface area contributed by atoms with Crippen molar-refractivity contribution in [2.75, 3.05) is 31.6 Å². The van der Waals surface area contributed by atoms with Crippen LogP contribution in [0.3, 0.4) is 0 Å². The van der Waals surface area contributed by atoms with Gasteiger partial charge in [-0.15, -0.1) is 0 Å². The molecule has 1 amide bonds. The molecule has 0 unspecified atom stereocenters. The highest BCUT2D eigenvalue weighted by atomic mass is 35.5. The van der Waals surface area contributed by atoms with Gasteiger partial charge in [-0.3, -0.25) is 0 Å². The van der Waals surface area contributed by atoms with E-state index in [0.717, 1.165) is 12.5 Å². The molecule has 1 aromatic rings. The van der Waals surface area contributed by atoms with Crippen molar-refractivity contribution in [3.8, 4) is 0 Å². The van der Waals surface area contributed by atoms with Crippen LogP contribution < -0.4 is 5.32 Å². The van der Waals surface area contributed by atoms with Gasteiger partial charge in [-0.2, -0.15) is 13.2 Å². The van der Waals surface area contributed by atoms with Crippen LogP contribution in [0.2, 0.25) is 5.15 Å². The van der Waals surface area contributed by atoms with Crippen molar-refractivity contribution in [1.82, 2.24) is 9.88 Å². The van der Waals surface area contributed by atoms with E-state index in [9.17, 15) is 18.0 Å². The number of hydrogen-bond donors (Lipinski definition) is 1. The topological polar surface area (TPSA) is 54.5 Å². The maximum absolute atomic E-state index is 12.8. The summed E-state index contributed by atoms with van der Waals surface area (Å²) in [6, 6.07) is 1.14. The highest BCUT2D eigenvalue weighted by Gasteiger charge is 2.34. The fourth-order valence-electron chi connectivity index (χ4n) is 2.10. The van der Waals surface area contributed by atoms with Crippen LogP contribution in [0.15, 0.2) is 12.3 Å². The van der Waals surface area contributed by atoms with Gasteiger partial charge in [0.25, 0.3) is 0 Å². The number of carbonyl (C=O) groups excluding carboxylic acids is 1. The lowest BCUT2D eigenvalue weighted by atomic mass is 10.2. The second-order valence-electron chi connectivity index (χ2n) is 4.79. The summed E-state index contributed by atoms with van der Waals surface area (Å²) < 4.78 is 43.4. The number of nitrogens with one attached hydrogen (secondary N) is 1. The number of ether oxygens (including phenoxy) is 1. The second kappa shape index (κ2) is 7.04. The molecule has 1 aliphatic heterocycles. The molecule has 1 N–H and O–H groups in total. The predicted molar refractivity (Wildman–Crippen MR) is 74.9 cm³/mol. The predicted octanol–water partition coefficient (Wildman–Crippen LogP) is 3.40. The van der Waals surface area contributed by atoms with E-state index in [1.165, 1.54) is 4.90 Å². The number of halogens is 4. The maximum atomic E-state index is 12.8. The van der Waals surface area contributed by atoms with Gasteiger partial charge in [0.1, 0.15) is 5.15 Å². The molecule has 0 aromatic carbocycles. The number of alkyl halides is 3. The zero-order chi connectivity index (χ0) is 16.2. The summed E-state index contributed by atoms with van der Waals surface area (Å²) >= 11 is 5.63. The fraction of sp³-hybridized carbons (Fsp3) is 0.538. The van der Waals surface area contributed by atoms with Crippen molar-refractivity contribution in [1.29, 1.82) is 0 Å². The number of anilines is 1. The third kappa shape index (κ3) is 4.40. The van der Waals surface area contributed by atoms with Crippen molar-refractivity contribution in [2.24, 2.45) is 0 Å². The zero-order valence-electron chi connectivity index (χ0n) is 11.6. The summed E-state index contributed by atoms with van der Waals surface area (Å²) in [7, 11) is 0. The van der Waals surface area contributed by atoms with Gasteiger partial charge >= 0.3 is 12.3 Å². The average Bonchev–Trinajstić information content (AvgIpc) is 2.44. The Morgan fingerprint density at radius 2 is 2.23 bits per heavy atom. The van der Waals surface area contributed by atoms with Crippen molar-refractivity contribution >= 4 is 23.4 Å². The average molecular weight is 338 g/mol. The van der Waals surface area contributed by atoms with Crippen molar-refractivity contribution in [3.05, 3.63) is 23.0 Å². The van der Waals surface area contributed by atoms with E-state index in [4.69, 9.17) is 16.3 Å². The molecule has 5 nitrogen and oxygen atoms in total. The Bertz CT molecular complexity index is 540. The first kappa shape index (κ1) is 16.7. The van der Waals surface area contributed by atoms with Gasteiger partial charge in [0.05, 0.1) is 17.9 Å². The molecule has 0 atom stereocenters. The van der Waals surface area contributed by atoms with E-state index in [1.54, 1.807) is 0 Å². The molecule has 0 aliphatic carbocycles. The number of hydrogen-bond acceptors (Lipinski definition) is 4. The first-order valence-electron chi connectivity index (χ1n) is 6.76. The first-order chi connectivity index (χ1) is 10.4. The quantitative estimate of drug-likeness (QED) is 0.661. The molecular formula is C13H15ClF3N3O2. The third-order valence-electron chi connectivity index (χ3n) is 3.15.